The van der Waals surface area contributed by atoms with Gasteiger partial charge in [0, 0.05) is 11.1 Å². The van der Waals surface area contributed by atoms with Gasteiger partial charge in [0.25, 0.3) is 0 Å². The predicted molar refractivity (Wildman–Crippen MR) is 47.1 cm³/mol. The van der Waals surface area contributed by atoms with Crippen molar-refractivity contribution in [2.45, 2.75) is 19.4 Å². The number of nitrogens with zero attached hydrogens (tertiary/aromatic N) is 1. The molecule has 0 amide bonds. The van der Waals surface area contributed by atoms with Crippen LogP contribution < -0.4 is 0 Å². The highest BCUT2D eigenvalue weighted by molar-refractivity contribution is 7.09. The van der Waals surface area contributed by atoms with Crippen LogP contribution in [0.4, 0.5) is 0 Å². The van der Waals surface area contributed by atoms with Crippen molar-refractivity contribution in [2.75, 3.05) is 5.88 Å². The molecule has 1 unspecified atom stereocenters. The molecule has 0 bridgehead atoms. The number of rotatable bonds is 2. The van der Waals surface area contributed by atoms with Crippen LogP contribution in [-0.2, 0) is 5.60 Å². The highest BCUT2D eigenvalue weighted by Gasteiger charge is 2.24. The van der Waals surface area contributed by atoms with Crippen molar-refractivity contribution in [3.8, 4) is 0 Å². The van der Waals surface area contributed by atoms with Crippen molar-refractivity contribution in [3.63, 3.8) is 0 Å². The Bertz CT molecular complexity index is 246. The molecule has 0 saturated carbocycles. The van der Waals surface area contributed by atoms with Crippen LogP contribution in [0.5, 0.6) is 0 Å². The van der Waals surface area contributed by atoms with Gasteiger partial charge in [-0.2, -0.15) is 0 Å². The Balaban J connectivity index is 2.92. The molecule has 1 heterocycles. The van der Waals surface area contributed by atoms with Gasteiger partial charge in [-0.05, 0) is 13.8 Å². The Morgan fingerprint density at radius 2 is 2.45 bits per heavy atom. The molecule has 1 N–H and O–H groups in total. The van der Waals surface area contributed by atoms with Crippen molar-refractivity contribution in [3.05, 3.63) is 16.1 Å². The van der Waals surface area contributed by atoms with Gasteiger partial charge in [0.15, 0.2) is 0 Å². The Morgan fingerprint density at radius 3 is 2.82 bits per heavy atom. The van der Waals surface area contributed by atoms with Crippen molar-refractivity contribution in [2.24, 2.45) is 0 Å². The molecule has 11 heavy (non-hydrogen) atoms. The molecular formula is C7H10ClNOS. The van der Waals surface area contributed by atoms with E-state index in [1.165, 1.54) is 11.3 Å². The Hall–Kier alpha value is -0.120. The van der Waals surface area contributed by atoms with Gasteiger partial charge in [-0.15, -0.1) is 22.9 Å². The molecule has 0 aliphatic rings. The molecule has 62 valence electrons. The van der Waals surface area contributed by atoms with E-state index in [0.717, 1.165) is 5.69 Å². The van der Waals surface area contributed by atoms with E-state index < -0.39 is 5.60 Å². The third-order valence-electron chi connectivity index (χ3n) is 1.34. The average molecular weight is 192 g/mol. The van der Waals surface area contributed by atoms with Crippen LogP contribution in [0.2, 0.25) is 0 Å². The van der Waals surface area contributed by atoms with Gasteiger partial charge in [0.2, 0.25) is 0 Å². The summed E-state index contributed by atoms with van der Waals surface area (Å²) in [6.07, 6.45) is 0. The molecule has 0 fully saturated rings. The molecule has 0 saturated heterocycles. The molecule has 4 heteroatoms. The van der Waals surface area contributed by atoms with E-state index in [1.54, 1.807) is 6.92 Å². The van der Waals surface area contributed by atoms with E-state index in [2.05, 4.69) is 4.98 Å². The smallest absolute Gasteiger partial charge is 0.127 e. The van der Waals surface area contributed by atoms with E-state index in [1.807, 2.05) is 12.3 Å². The molecule has 1 aromatic heterocycles. The lowest BCUT2D eigenvalue weighted by atomic mass is 10.1. The standard InChI is InChI=1S/C7H10ClNOS/c1-5-3-11-6(9-5)7(2,10)4-8/h3,10H,4H2,1-2H3. The summed E-state index contributed by atoms with van der Waals surface area (Å²) >= 11 is 6.99. The number of alkyl halides is 1. The molecule has 0 aliphatic heterocycles. The number of aromatic nitrogens is 1. The molecule has 1 aromatic rings. The maximum atomic E-state index is 9.62. The zero-order valence-electron chi connectivity index (χ0n) is 6.47. The molecule has 0 spiro atoms. The number of hydrogen-bond acceptors (Lipinski definition) is 3. The van der Waals surface area contributed by atoms with Crippen molar-refractivity contribution >= 4 is 22.9 Å². The van der Waals surface area contributed by atoms with Crippen molar-refractivity contribution in [1.82, 2.24) is 4.98 Å². The number of thiazole rings is 1. The van der Waals surface area contributed by atoms with E-state index in [4.69, 9.17) is 11.6 Å². The van der Waals surface area contributed by atoms with Gasteiger partial charge in [0.1, 0.15) is 10.6 Å². The monoisotopic (exact) mass is 191 g/mol. The molecular weight excluding hydrogens is 182 g/mol. The summed E-state index contributed by atoms with van der Waals surface area (Å²) < 4.78 is 0. The first-order valence-corrected chi connectivity index (χ1v) is 4.68. The van der Waals surface area contributed by atoms with Crippen LogP contribution in [0.15, 0.2) is 5.38 Å². The zero-order chi connectivity index (χ0) is 8.48. The summed E-state index contributed by atoms with van der Waals surface area (Å²) in [7, 11) is 0. The van der Waals surface area contributed by atoms with Gasteiger partial charge in [0.05, 0.1) is 5.88 Å². The van der Waals surface area contributed by atoms with E-state index in [9.17, 15) is 5.11 Å². The third kappa shape index (κ3) is 1.92. The molecule has 0 aromatic carbocycles. The highest BCUT2D eigenvalue weighted by Crippen LogP contribution is 2.24. The maximum Gasteiger partial charge on any atom is 0.127 e. The second-order valence-electron chi connectivity index (χ2n) is 2.70. The van der Waals surface area contributed by atoms with Crippen LogP contribution in [0, 0.1) is 6.92 Å². The maximum absolute atomic E-state index is 9.62. The van der Waals surface area contributed by atoms with Gasteiger partial charge in [-0.3, -0.25) is 0 Å². The van der Waals surface area contributed by atoms with Gasteiger partial charge in [-0.1, -0.05) is 0 Å². The molecule has 1 rings (SSSR count). The van der Waals surface area contributed by atoms with Crippen LogP contribution in [-0.4, -0.2) is 16.0 Å². The van der Waals surface area contributed by atoms with Gasteiger partial charge >= 0.3 is 0 Å². The van der Waals surface area contributed by atoms with Crippen LogP contribution in [0.1, 0.15) is 17.6 Å². The first-order valence-electron chi connectivity index (χ1n) is 3.27. The van der Waals surface area contributed by atoms with Gasteiger partial charge in [-0.25, -0.2) is 4.98 Å². The summed E-state index contributed by atoms with van der Waals surface area (Å²) in [4.78, 5) is 4.14. The number of aryl methyl sites for hydroxylation is 1. The Labute approximate surface area is 74.8 Å². The molecule has 0 radical (unpaired) electrons. The number of aliphatic hydroxyl groups is 1. The SMILES string of the molecule is Cc1csc(C(C)(O)CCl)n1. The Kier molecular flexibility index (Phi) is 2.52. The summed E-state index contributed by atoms with van der Waals surface area (Å²) in [5, 5.41) is 12.2. The first-order chi connectivity index (χ1) is 5.06. The molecule has 1 atom stereocenters. The summed E-state index contributed by atoms with van der Waals surface area (Å²) in [5.41, 5.74) is -0.0455. The van der Waals surface area contributed by atoms with Gasteiger partial charge < -0.3 is 5.11 Å². The Morgan fingerprint density at radius 1 is 1.82 bits per heavy atom. The minimum absolute atomic E-state index is 0.181. The van der Waals surface area contributed by atoms with E-state index in [-0.39, 0.29) is 5.88 Å². The fourth-order valence-electron chi connectivity index (χ4n) is 0.659. The largest absolute Gasteiger partial charge is 0.382 e. The third-order valence-corrected chi connectivity index (χ3v) is 3.07. The normalized spacial score (nSPS) is 16.4. The summed E-state index contributed by atoms with van der Waals surface area (Å²) in [6, 6.07) is 0. The van der Waals surface area contributed by atoms with Crippen molar-refractivity contribution < 1.29 is 5.11 Å². The lowest BCUT2D eigenvalue weighted by Gasteiger charge is -2.15. The van der Waals surface area contributed by atoms with Crippen LogP contribution >= 0.6 is 22.9 Å². The molecule has 2 nitrogen and oxygen atoms in total. The first kappa shape index (κ1) is 8.97. The zero-order valence-corrected chi connectivity index (χ0v) is 8.04. The quantitative estimate of drug-likeness (QED) is 0.725. The van der Waals surface area contributed by atoms with E-state index >= 15 is 0 Å². The van der Waals surface area contributed by atoms with Crippen LogP contribution in [0.25, 0.3) is 0 Å². The highest BCUT2D eigenvalue weighted by atomic mass is 35.5. The van der Waals surface area contributed by atoms with Crippen LogP contribution in [0.3, 0.4) is 0 Å². The summed E-state index contributed by atoms with van der Waals surface area (Å²) in [6.45, 7) is 3.56. The average Bonchev–Trinajstić information content (AvgIpc) is 2.36. The topological polar surface area (TPSA) is 33.1 Å². The van der Waals surface area contributed by atoms with E-state index in [0.29, 0.717) is 5.01 Å². The second kappa shape index (κ2) is 3.09. The molecule has 0 aliphatic carbocycles. The lowest BCUT2D eigenvalue weighted by Crippen LogP contribution is -2.22. The fraction of sp³-hybridized carbons (Fsp3) is 0.571. The number of halogens is 1. The minimum Gasteiger partial charge on any atom is -0.382 e. The van der Waals surface area contributed by atoms with Crippen molar-refractivity contribution in [1.29, 1.82) is 0 Å². The number of hydrogen-bond donors (Lipinski definition) is 1. The second-order valence-corrected chi connectivity index (χ2v) is 3.83. The summed E-state index contributed by atoms with van der Waals surface area (Å²) in [5.74, 6) is 0.181. The predicted octanol–water partition coefficient (Wildman–Crippen LogP) is 1.90. The minimum atomic E-state index is -0.972. The fourth-order valence-corrected chi connectivity index (χ4v) is 1.72. The lowest BCUT2D eigenvalue weighted by molar-refractivity contribution is 0.0820.